The Bertz CT molecular complexity index is 202. The van der Waals surface area contributed by atoms with Crippen LogP contribution in [0.5, 0.6) is 0 Å². The number of nitrogens with two attached hydrogens (primary N) is 1. The lowest BCUT2D eigenvalue weighted by Crippen LogP contribution is -2.40. The van der Waals surface area contributed by atoms with E-state index in [2.05, 4.69) is 10.5 Å². The van der Waals surface area contributed by atoms with E-state index in [4.69, 9.17) is 10.9 Å². The van der Waals surface area contributed by atoms with E-state index in [1.54, 1.807) is 4.90 Å². The minimum absolute atomic E-state index is 0.0146. The first-order valence-corrected chi connectivity index (χ1v) is 4.60. The number of amides is 1. The summed E-state index contributed by atoms with van der Waals surface area (Å²) in [5.41, 5.74) is 5.21. The largest absolute Gasteiger partial charge is 0.409 e. The molecular formula is C8H18N4O2. The second-order valence-electron chi connectivity index (χ2n) is 2.76. The summed E-state index contributed by atoms with van der Waals surface area (Å²) in [4.78, 5) is 13.1. The molecule has 0 aliphatic heterocycles. The van der Waals surface area contributed by atoms with Gasteiger partial charge in [0.25, 0.3) is 0 Å². The van der Waals surface area contributed by atoms with Crippen LogP contribution in [0.4, 0.5) is 0 Å². The zero-order valence-electron chi connectivity index (χ0n) is 8.66. The Balaban J connectivity index is 3.73. The van der Waals surface area contributed by atoms with Gasteiger partial charge in [-0.2, -0.15) is 0 Å². The summed E-state index contributed by atoms with van der Waals surface area (Å²) in [6, 6.07) is 0. The molecule has 0 rings (SSSR count). The molecule has 0 saturated heterocycles. The van der Waals surface area contributed by atoms with E-state index in [-0.39, 0.29) is 24.8 Å². The second kappa shape index (κ2) is 7.14. The van der Waals surface area contributed by atoms with Crippen molar-refractivity contribution >= 4 is 11.7 Å². The average molecular weight is 202 g/mol. The summed E-state index contributed by atoms with van der Waals surface area (Å²) in [7, 11) is 0. The minimum Gasteiger partial charge on any atom is -0.409 e. The number of carbonyl (C=O) groups is 1. The standard InChI is InChI=1S/C8H18N4O2/c1-3-12(4-2)8(13)6-10-5-7(9)11-14/h10,14H,3-6H2,1-2H3,(H2,9,11). The third-order valence-corrected chi connectivity index (χ3v) is 1.83. The van der Waals surface area contributed by atoms with Gasteiger partial charge < -0.3 is 21.2 Å². The maximum absolute atomic E-state index is 11.4. The molecule has 0 bridgehead atoms. The van der Waals surface area contributed by atoms with Gasteiger partial charge in [0.1, 0.15) is 0 Å². The van der Waals surface area contributed by atoms with E-state index in [1.807, 2.05) is 13.8 Å². The van der Waals surface area contributed by atoms with Gasteiger partial charge in [-0.05, 0) is 13.8 Å². The van der Waals surface area contributed by atoms with E-state index in [1.165, 1.54) is 0 Å². The van der Waals surface area contributed by atoms with Gasteiger partial charge in [0, 0.05) is 13.1 Å². The van der Waals surface area contributed by atoms with E-state index < -0.39 is 0 Å². The number of amidine groups is 1. The van der Waals surface area contributed by atoms with Crippen molar-refractivity contribution in [1.29, 1.82) is 0 Å². The van der Waals surface area contributed by atoms with Gasteiger partial charge in [0.05, 0.1) is 13.1 Å². The number of nitrogens with zero attached hydrogens (tertiary/aromatic N) is 2. The molecule has 1 amide bonds. The highest BCUT2D eigenvalue weighted by Crippen LogP contribution is 1.86. The third-order valence-electron chi connectivity index (χ3n) is 1.83. The first-order valence-electron chi connectivity index (χ1n) is 4.60. The molecule has 0 aromatic carbocycles. The number of hydrogen-bond acceptors (Lipinski definition) is 4. The number of hydrogen-bond donors (Lipinski definition) is 3. The van der Waals surface area contributed by atoms with Crippen LogP contribution in [0.3, 0.4) is 0 Å². The zero-order valence-corrected chi connectivity index (χ0v) is 8.66. The molecular weight excluding hydrogens is 184 g/mol. The molecule has 6 heteroatoms. The lowest BCUT2D eigenvalue weighted by atomic mass is 10.4. The normalized spacial score (nSPS) is 11.4. The number of oxime groups is 1. The Labute approximate surface area is 83.7 Å². The van der Waals surface area contributed by atoms with E-state index in [0.29, 0.717) is 13.1 Å². The first-order chi connectivity index (χ1) is 6.65. The van der Waals surface area contributed by atoms with Crippen LogP contribution >= 0.6 is 0 Å². The van der Waals surface area contributed by atoms with Gasteiger partial charge in [-0.1, -0.05) is 5.16 Å². The van der Waals surface area contributed by atoms with Crippen molar-refractivity contribution in [2.75, 3.05) is 26.2 Å². The fraction of sp³-hybridized carbons (Fsp3) is 0.750. The summed E-state index contributed by atoms with van der Waals surface area (Å²) in [5.74, 6) is 0.0816. The fourth-order valence-corrected chi connectivity index (χ4v) is 1.02. The molecule has 0 aliphatic carbocycles. The SMILES string of the molecule is CCN(CC)C(=O)CNCC(N)=NO. The van der Waals surface area contributed by atoms with Crippen molar-refractivity contribution in [2.45, 2.75) is 13.8 Å². The van der Waals surface area contributed by atoms with Crippen LogP contribution in [0, 0.1) is 0 Å². The van der Waals surface area contributed by atoms with Crippen LogP contribution in [-0.2, 0) is 4.79 Å². The Morgan fingerprint density at radius 3 is 2.43 bits per heavy atom. The highest BCUT2D eigenvalue weighted by molar-refractivity contribution is 5.83. The molecule has 0 atom stereocenters. The summed E-state index contributed by atoms with van der Waals surface area (Å²) in [5, 5.41) is 13.8. The van der Waals surface area contributed by atoms with Crippen LogP contribution in [0.15, 0.2) is 5.16 Å². The number of carbonyl (C=O) groups excluding carboxylic acids is 1. The second-order valence-corrected chi connectivity index (χ2v) is 2.76. The van der Waals surface area contributed by atoms with Crippen LogP contribution in [-0.4, -0.2) is 48.0 Å². The summed E-state index contributed by atoms with van der Waals surface area (Å²) in [6.07, 6.45) is 0. The molecule has 0 fully saturated rings. The Kier molecular flexibility index (Phi) is 6.47. The summed E-state index contributed by atoms with van der Waals surface area (Å²) < 4.78 is 0. The van der Waals surface area contributed by atoms with Crippen molar-refractivity contribution in [3.63, 3.8) is 0 Å². The molecule has 0 aromatic rings. The summed E-state index contributed by atoms with van der Waals surface area (Å²) >= 11 is 0. The first kappa shape index (κ1) is 12.7. The third kappa shape index (κ3) is 4.66. The molecule has 0 aromatic heterocycles. The van der Waals surface area contributed by atoms with Crippen LogP contribution in [0.1, 0.15) is 13.8 Å². The van der Waals surface area contributed by atoms with Gasteiger partial charge in [0.15, 0.2) is 5.84 Å². The monoisotopic (exact) mass is 202 g/mol. The molecule has 82 valence electrons. The van der Waals surface area contributed by atoms with Gasteiger partial charge >= 0.3 is 0 Å². The maximum atomic E-state index is 11.4. The van der Waals surface area contributed by atoms with Gasteiger partial charge in [-0.25, -0.2) is 0 Å². The van der Waals surface area contributed by atoms with Crippen molar-refractivity contribution in [3.05, 3.63) is 0 Å². The lowest BCUT2D eigenvalue weighted by molar-refractivity contribution is -0.129. The molecule has 0 unspecified atom stereocenters. The predicted molar refractivity (Wildman–Crippen MR) is 54.2 cm³/mol. The molecule has 0 heterocycles. The minimum atomic E-state index is 0.0146. The van der Waals surface area contributed by atoms with E-state index in [0.717, 1.165) is 0 Å². The van der Waals surface area contributed by atoms with Crippen LogP contribution in [0.25, 0.3) is 0 Å². The van der Waals surface area contributed by atoms with Crippen molar-refractivity contribution in [1.82, 2.24) is 10.2 Å². The van der Waals surface area contributed by atoms with Crippen molar-refractivity contribution < 1.29 is 10.0 Å². The lowest BCUT2D eigenvalue weighted by Gasteiger charge is -2.18. The van der Waals surface area contributed by atoms with E-state index in [9.17, 15) is 4.79 Å². The van der Waals surface area contributed by atoms with Crippen molar-refractivity contribution in [3.8, 4) is 0 Å². The molecule has 6 nitrogen and oxygen atoms in total. The highest BCUT2D eigenvalue weighted by atomic mass is 16.4. The molecule has 0 saturated carbocycles. The number of nitrogens with one attached hydrogen (secondary N) is 1. The van der Waals surface area contributed by atoms with Gasteiger partial charge in [-0.15, -0.1) is 0 Å². The predicted octanol–water partition coefficient (Wildman–Crippen LogP) is -0.809. The maximum Gasteiger partial charge on any atom is 0.236 e. The summed E-state index contributed by atoms with van der Waals surface area (Å²) in [6.45, 7) is 5.65. The Hall–Kier alpha value is -1.30. The van der Waals surface area contributed by atoms with Gasteiger partial charge in [0.2, 0.25) is 5.91 Å². The Morgan fingerprint density at radius 1 is 1.43 bits per heavy atom. The van der Waals surface area contributed by atoms with Gasteiger partial charge in [-0.3, -0.25) is 4.79 Å². The van der Waals surface area contributed by atoms with Crippen LogP contribution in [0.2, 0.25) is 0 Å². The fourth-order valence-electron chi connectivity index (χ4n) is 1.02. The molecule has 0 spiro atoms. The van der Waals surface area contributed by atoms with Crippen molar-refractivity contribution in [2.24, 2.45) is 10.9 Å². The van der Waals surface area contributed by atoms with Crippen LogP contribution < -0.4 is 11.1 Å². The molecule has 4 N–H and O–H groups in total. The number of likely N-dealkylation sites (N-methyl/N-ethyl adjacent to an activating group) is 1. The smallest absolute Gasteiger partial charge is 0.236 e. The van der Waals surface area contributed by atoms with E-state index >= 15 is 0 Å². The molecule has 14 heavy (non-hydrogen) atoms. The quantitative estimate of drug-likeness (QED) is 0.227. The molecule has 0 radical (unpaired) electrons. The molecule has 0 aliphatic rings. The average Bonchev–Trinajstić information content (AvgIpc) is 2.19. The highest BCUT2D eigenvalue weighted by Gasteiger charge is 2.08. The Morgan fingerprint density at radius 2 is 2.00 bits per heavy atom. The number of rotatable bonds is 6. The topological polar surface area (TPSA) is 91.0 Å². The zero-order chi connectivity index (χ0) is 11.0.